The van der Waals surface area contributed by atoms with Gasteiger partial charge in [0.25, 0.3) is 0 Å². The molecule has 0 aliphatic heterocycles. The third kappa shape index (κ3) is 25.0. The lowest BCUT2D eigenvalue weighted by Crippen LogP contribution is -2.09. The minimum absolute atomic E-state index is 0.362. The highest BCUT2D eigenvalue weighted by molar-refractivity contribution is 5.98. The fourth-order valence-corrected chi connectivity index (χ4v) is 12.8. The molecule has 9 rings (SSSR count). The molecule has 25 heteroatoms. The minimum Gasteiger partial charge on any atom is -0.493 e. The summed E-state index contributed by atoms with van der Waals surface area (Å²) in [4.78, 5) is 38.7. The lowest BCUT2D eigenvalue weighted by Gasteiger charge is -2.26. The SMILES string of the molecule is CCCCCCOc1cc(-n2cc(-c3ccc(N(c4ccc(-c5cn(-c6cc(OCCCCCC)c(/C=C(\C#N)C(=O)O)cc6OCCCCCC)nn5)cc4)c4ccc(-c5cn(-c6cc(OCCCCCC)c(/C=C(\C#N)C(=O)O)cc6OCCCCCC)nn5)cc4)cc3)nn2)c(OCCCCCC)cc1/C=C(\C#N)C(=O)O. The first kappa shape index (κ1) is 86.4. The topological polar surface area (TPSA) is 334 Å². The van der Waals surface area contributed by atoms with E-state index in [2.05, 4.69) is 77.4 Å². The van der Waals surface area contributed by atoms with Gasteiger partial charge in [-0.2, -0.15) is 15.8 Å². The van der Waals surface area contributed by atoms with E-state index in [0.29, 0.717) is 125 Å². The van der Waals surface area contributed by atoms with Crippen LogP contribution in [0.25, 0.3) is 69.1 Å². The number of unbranched alkanes of at least 4 members (excludes halogenated alkanes) is 18. The molecule has 3 heterocycles. The molecule has 0 saturated carbocycles. The van der Waals surface area contributed by atoms with E-state index >= 15 is 0 Å². The normalized spacial score (nSPS) is 11.6. The van der Waals surface area contributed by atoms with Gasteiger partial charge in [0.05, 0.1) is 58.2 Å². The number of nitriles is 3. The maximum Gasteiger partial charge on any atom is 0.346 e. The monoisotopic (exact) mass is 1560 g/mol. The molecule has 0 radical (unpaired) electrons. The molecule has 9 aromatic rings. The van der Waals surface area contributed by atoms with Crippen LogP contribution < -0.4 is 33.3 Å². The summed E-state index contributed by atoms with van der Waals surface area (Å²) >= 11 is 0. The summed E-state index contributed by atoms with van der Waals surface area (Å²) in [6, 6.07) is 39.5. The first-order chi connectivity index (χ1) is 56.1. The Morgan fingerprint density at radius 2 is 0.565 bits per heavy atom. The number of benzene rings is 6. The van der Waals surface area contributed by atoms with Crippen molar-refractivity contribution in [2.45, 2.75) is 196 Å². The van der Waals surface area contributed by atoms with Gasteiger partial charge in [-0.15, -0.1) is 15.3 Å². The first-order valence-corrected chi connectivity index (χ1v) is 40.4. The van der Waals surface area contributed by atoms with Gasteiger partial charge in [0, 0.05) is 68.6 Å². The zero-order chi connectivity index (χ0) is 81.7. The third-order valence-corrected chi connectivity index (χ3v) is 19.2. The van der Waals surface area contributed by atoms with E-state index in [1.165, 1.54) is 18.2 Å². The van der Waals surface area contributed by atoms with Gasteiger partial charge in [-0.3, -0.25) is 0 Å². The van der Waals surface area contributed by atoms with Crippen LogP contribution in [0.2, 0.25) is 0 Å². The molecule has 0 amide bonds. The Morgan fingerprint density at radius 3 is 0.774 bits per heavy atom. The molecule has 3 N–H and O–H groups in total. The highest BCUT2D eigenvalue weighted by atomic mass is 16.5. The molecule has 25 nitrogen and oxygen atoms in total. The summed E-state index contributed by atoms with van der Waals surface area (Å²) in [5.74, 6) is -1.78. The molecule has 602 valence electrons. The molecular weight excluding hydrogens is 1460 g/mol. The van der Waals surface area contributed by atoms with E-state index in [0.717, 1.165) is 188 Å². The fraction of sp³-hybridized carbons (Fsp3) is 0.400. The zero-order valence-corrected chi connectivity index (χ0v) is 66.9. The maximum atomic E-state index is 12.2. The van der Waals surface area contributed by atoms with Crippen molar-refractivity contribution < 1.29 is 58.1 Å². The molecule has 115 heavy (non-hydrogen) atoms. The number of hydrogen-bond donors (Lipinski definition) is 3. The lowest BCUT2D eigenvalue weighted by molar-refractivity contribution is -0.133. The van der Waals surface area contributed by atoms with Crippen molar-refractivity contribution in [3.8, 4) is 104 Å². The number of carboxylic acid groups (broad SMARTS) is 3. The number of aromatic nitrogens is 9. The Kier molecular flexibility index (Phi) is 34.4. The van der Waals surface area contributed by atoms with Crippen molar-refractivity contribution in [2.75, 3.05) is 44.5 Å². The van der Waals surface area contributed by atoms with Gasteiger partial charge in [0.2, 0.25) is 0 Å². The van der Waals surface area contributed by atoms with Gasteiger partial charge in [-0.25, -0.2) is 28.4 Å². The van der Waals surface area contributed by atoms with Crippen molar-refractivity contribution >= 4 is 53.2 Å². The number of nitrogens with zero attached hydrogens (tertiary/aromatic N) is 13. The molecule has 0 aliphatic rings. The Labute approximate surface area is 673 Å². The molecule has 0 saturated heterocycles. The van der Waals surface area contributed by atoms with Crippen LogP contribution in [0.1, 0.15) is 212 Å². The number of ether oxygens (including phenoxy) is 6. The van der Waals surface area contributed by atoms with Gasteiger partial charge in [-0.1, -0.05) is 209 Å². The minimum atomic E-state index is -1.36. The maximum absolute atomic E-state index is 12.2. The van der Waals surface area contributed by atoms with Crippen molar-refractivity contribution in [3.63, 3.8) is 0 Å². The van der Waals surface area contributed by atoms with Crippen LogP contribution in [0.5, 0.6) is 34.5 Å². The first-order valence-electron chi connectivity index (χ1n) is 40.4. The number of anilines is 3. The third-order valence-electron chi connectivity index (χ3n) is 19.2. The van der Waals surface area contributed by atoms with Crippen LogP contribution in [0.3, 0.4) is 0 Å². The average Bonchev–Trinajstić information content (AvgIpc) is 1.70. The van der Waals surface area contributed by atoms with Gasteiger partial charge in [0.15, 0.2) is 0 Å². The molecule has 0 bridgehead atoms. The Morgan fingerprint density at radius 1 is 0.339 bits per heavy atom. The molecule has 6 aromatic carbocycles. The smallest absolute Gasteiger partial charge is 0.346 e. The predicted octanol–water partition coefficient (Wildman–Crippen LogP) is 20.6. The van der Waals surface area contributed by atoms with Gasteiger partial charge in [-0.05, 0) is 111 Å². The number of hydrogen-bond acceptors (Lipinski definition) is 19. The van der Waals surface area contributed by atoms with E-state index in [1.807, 2.05) is 72.8 Å². The second kappa shape index (κ2) is 45.8. The van der Waals surface area contributed by atoms with Crippen molar-refractivity contribution in [2.24, 2.45) is 0 Å². The lowest BCUT2D eigenvalue weighted by atomic mass is 10.1. The predicted molar refractivity (Wildman–Crippen MR) is 444 cm³/mol. The van der Waals surface area contributed by atoms with Crippen LogP contribution >= 0.6 is 0 Å². The largest absolute Gasteiger partial charge is 0.493 e. The van der Waals surface area contributed by atoms with Crippen LogP contribution in [-0.2, 0) is 14.4 Å². The van der Waals surface area contributed by atoms with Crippen LogP contribution in [0.15, 0.2) is 145 Å². The second-order valence-electron chi connectivity index (χ2n) is 28.1. The molecule has 0 spiro atoms. The van der Waals surface area contributed by atoms with Gasteiger partial charge in [0.1, 0.15) is 104 Å². The van der Waals surface area contributed by atoms with E-state index in [-0.39, 0.29) is 0 Å². The van der Waals surface area contributed by atoms with E-state index < -0.39 is 34.6 Å². The summed E-state index contributed by atoms with van der Waals surface area (Å²) in [5, 5.41) is 87.2. The summed E-state index contributed by atoms with van der Waals surface area (Å²) in [5.41, 5.74) is 7.48. The summed E-state index contributed by atoms with van der Waals surface area (Å²) in [7, 11) is 0. The summed E-state index contributed by atoms with van der Waals surface area (Å²) in [6.45, 7) is 15.0. The molecule has 0 aliphatic carbocycles. The Balaban J connectivity index is 1.11. The van der Waals surface area contributed by atoms with E-state index in [9.17, 15) is 45.5 Å². The van der Waals surface area contributed by atoms with Crippen molar-refractivity contribution in [1.29, 1.82) is 15.8 Å². The molecule has 3 aromatic heterocycles. The van der Waals surface area contributed by atoms with Gasteiger partial charge < -0.3 is 48.6 Å². The average molecular weight is 1560 g/mol. The number of carboxylic acids is 3. The van der Waals surface area contributed by atoms with Crippen molar-refractivity contribution in [1.82, 2.24) is 45.0 Å². The molecule has 0 atom stereocenters. The van der Waals surface area contributed by atoms with Crippen LogP contribution in [0, 0.1) is 34.0 Å². The standard InChI is InChI=1S/C90H105N13O12/c1-7-13-19-25-43-110-82-55-79(85(113-46-28-22-16-10-4)52-67(82)49-70(58-91)88(104)105)100-61-76(94-97-100)64-31-37-73(38-32-64)103(74-39-33-65(34-40-74)77-62-101(98-95-77)80-56-83(111-44-26-20-14-8-2)68(50-71(59-92)89(106)107)53-86(80)114-47-29-23-17-11-5)75-41-35-66(36-42-75)78-63-102(99-96-78)81-57-84(112-45-27-21-15-9-3)69(51-72(60-93)90(108)109)54-87(81)115-48-30-24-18-12-6/h31-42,49-57,61-63H,7-30,43-48H2,1-6H3,(H,104,105)(H,106,107)(H,108,109)/b70-49+,71-50+,72-51+. The van der Waals surface area contributed by atoms with Crippen LogP contribution in [0.4, 0.5) is 17.1 Å². The highest BCUT2D eigenvalue weighted by Gasteiger charge is 2.24. The Bertz CT molecular complexity index is 4400. The van der Waals surface area contributed by atoms with E-state index in [4.69, 9.17) is 28.4 Å². The second-order valence-corrected chi connectivity index (χ2v) is 28.1. The molecular formula is C90H105N13O12. The fourth-order valence-electron chi connectivity index (χ4n) is 12.8. The molecule has 0 unspecified atom stereocenters. The number of rotatable bonds is 51. The zero-order valence-electron chi connectivity index (χ0n) is 66.9. The number of carbonyl (C=O) groups is 3. The Hall–Kier alpha value is -12.6. The van der Waals surface area contributed by atoms with E-state index in [1.54, 1.807) is 87.2 Å². The molecule has 0 fully saturated rings. The van der Waals surface area contributed by atoms with Crippen molar-refractivity contribution in [3.05, 3.63) is 161 Å². The quantitative estimate of drug-likeness (QED) is 0.0181. The highest BCUT2D eigenvalue weighted by Crippen LogP contribution is 2.41. The summed E-state index contributed by atoms with van der Waals surface area (Å²) in [6.07, 6.45) is 32.1. The summed E-state index contributed by atoms with van der Waals surface area (Å²) < 4.78 is 43.3. The number of aliphatic carboxylic acids is 3. The van der Waals surface area contributed by atoms with Crippen LogP contribution in [-0.4, -0.2) is 118 Å². The van der Waals surface area contributed by atoms with Gasteiger partial charge >= 0.3 is 17.9 Å².